The molecule has 1 atom stereocenters. The maximum atomic E-state index is 12.0. The number of benzene rings is 1. The lowest BCUT2D eigenvalue weighted by Crippen LogP contribution is -2.31. The Morgan fingerprint density at radius 2 is 2.00 bits per heavy atom. The number of halogens is 1. The summed E-state index contributed by atoms with van der Waals surface area (Å²) in [6, 6.07) is 7.11. The third-order valence-corrected chi connectivity index (χ3v) is 3.41. The van der Waals surface area contributed by atoms with Gasteiger partial charge in [0.2, 0.25) is 5.91 Å². The maximum absolute atomic E-state index is 12.0. The molecule has 0 radical (unpaired) electrons. The van der Waals surface area contributed by atoms with Gasteiger partial charge in [-0.2, -0.15) is 0 Å². The zero-order valence-corrected chi connectivity index (χ0v) is 10.6. The van der Waals surface area contributed by atoms with Crippen molar-refractivity contribution in [2.24, 2.45) is 5.92 Å². The molecule has 1 aliphatic rings. The average molecular weight is 268 g/mol. The molecule has 1 unspecified atom stereocenters. The standard InChI is InChI=1S/C13H14ClNO3/c14-11-3-1-9(2-4-11)7-12(16)15-6-5-10(8-15)13(17)18/h1-4,10H,5-8H2,(H,17,18). The summed E-state index contributed by atoms with van der Waals surface area (Å²) in [6.45, 7) is 0.852. The third kappa shape index (κ3) is 3.01. The number of hydrogen-bond acceptors (Lipinski definition) is 2. The van der Waals surface area contributed by atoms with Crippen LogP contribution in [-0.4, -0.2) is 35.0 Å². The van der Waals surface area contributed by atoms with Gasteiger partial charge >= 0.3 is 5.97 Å². The van der Waals surface area contributed by atoms with E-state index >= 15 is 0 Å². The Labute approximate surface area is 110 Å². The first-order chi connectivity index (χ1) is 8.56. The van der Waals surface area contributed by atoms with E-state index in [9.17, 15) is 9.59 Å². The maximum Gasteiger partial charge on any atom is 0.308 e. The molecular weight excluding hydrogens is 254 g/mol. The number of carboxylic acids is 1. The molecule has 96 valence electrons. The minimum absolute atomic E-state index is 0.0268. The normalized spacial score (nSPS) is 18.9. The molecule has 18 heavy (non-hydrogen) atoms. The van der Waals surface area contributed by atoms with Crippen LogP contribution in [0.25, 0.3) is 0 Å². The van der Waals surface area contributed by atoms with Gasteiger partial charge in [0.1, 0.15) is 0 Å². The van der Waals surface area contributed by atoms with Crippen molar-refractivity contribution in [1.29, 1.82) is 0 Å². The van der Waals surface area contributed by atoms with E-state index in [1.807, 2.05) is 12.1 Å². The highest BCUT2D eigenvalue weighted by Crippen LogP contribution is 2.18. The van der Waals surface area contributed by atoms with E-state index in [0.717, 1.165) is 5.56 Å². The smallest absolute Gasteiger partial charge is 0.308 e. The van der Waals surface area contributed by atoms with Gasteiger partial charge in [0.25, 0.3) is 0 Å². The molecule has 2 rings (SSSR count). The van der Waals surface area contributed by atoms with E-state index in [0.29, 0.717) is 31.0 Å². The molecule has 1 aromatic carbocycles. The summed E-state index contributed by atoms with van der Waals surface area (Å²) in [5.74, 6) is -1.27. The van der Waals surface area contributed by atoms with Crippen molar-refractivity contribution in [3.05, 3.63) is 34.9 Å². The fraction of sp³-hybridized carbons (Fsp3) is 0.385. The summed E-state index contributed by atoms with van der Waals surface area (Å²) in [5, 5.41) is 9.52. The van der Waals surface area contributed by atoms with E-state index in [1.165, 1.54) is 0 Å². The number of nitrogens with zero attached hydrogens (tertiary/aromatic N) is 1. The molecule has 0 bridgehead atoms. The number of carboxylic acid groups (broad SMARTS) is 1. The van der Waals surface area contributed by atoms with Crippen LogP contribution in [0.4, 0.5) is 0 Å². The van der Waals surface area contributed by atoms with Crippen LogP contribution in [0.5, 0.6) is 0 Å². The predicted molar refractivity (Wildman–Crippen MR) is 67.5 cm³/mol. The van der Waals surface area contributed by atoms with Crippen LogP contribution in [0.1, 0.15) is 12.0 Å². The van der Waals surface area contributed by atoms with Crippen molar-refractivity contribution in [3.63, 3.8) is 0 Å². The highest BCUT2D eigenvalue weighted by Gasteiger charge is 2.30. The molecule has 1 fully saturated rings. The number of carbonyl (C=O) groups excluding carboxylic acids is 1. The van der Waals surface area contributed by atoms with Crippen LogP contribution >= 0.6 is 11.6 Å². The van der Waals surface area contributed by atoms with E-state index < -0.39 is 11.9 Å². The van der Waals surface area contributed by atoms with E-state index in [-0.39, 0.29) is 5.91 Å². The molecule has 1 aromatic rings. The number of aliphatic carboxylic acids is 1. The Hall–Kier alpha value is -1.55. The zero-order chi connectivity index (χ0) is 13.1. The Morgan fingerprint density at radius 1 is 1.33 bits per heavy atom. The molecule has 0 aromatic heterocycles. The summed E-state index contributed by atoms with van der Waals surface area (Å²) in [6.07, 6.45) is 0.838. The molecule has 0 saturated carbocycles. The molecular formula is C13H14ClNO3. The molecule has 1 amide bonds. The predicted octanol–water partition coefficient (Wildman–Crippen LogP) is 1.82. The summed E-state index contributed by atoms with van der Waals surface area (Å²) in [5.41, 5.74) is 0.892. The van der Waals surface area contributed by atoms with Gasteiger partial charge in [-0.3, -0.25) is 9.59 Å². The van der Waals surface area contributed by atoms with Crippen molar-refractivity contribution in [2.75, 3.05) is 13.1 Å². The second-order valence-corrected chi connectivity index (χ2v) is 4.90. The lowest BCUT2D eigenvalue weighted by Gasteiger charge is -2.15. The largest absolute Gasteiger partial charge is 0.481 e. The summed E-state index contributed by atoms with van der Waals surface area (Å²) >= 11 is 5.77. The van der Waals surface area contributed by atoms with Crippen molar-refractivity contribution in [2.45, 2.75) is 12.8 Å². The minimum atomic E-state index is -0.822. The van der Waals surface area contributed by atoms with Gasteiger partial charge in [-0.25, -0.2) is 0 Å². The van der Waals surface area contributed by atoms with Crippen LogP contribution in [0.3, 0.4) is 0 Å². The van der Waals surface area contributed by atoms with Crippen molar-refractivity contribution in [3.8, 4) is 0 Å². The molecule has 1 saturated heterocycles. The highest BCUT2D eigenvalue weighted by molar-refractivity contribution is 6.30. The lowest BCUT2D eigenvalue weighted by atomic mass is 10.1. The van der Waals surface area contributed by atoms with Crippen molar-refractivity contribution >= 4 is 23.5 Å². The van der Waals surface area contributed by atoms with Gasteiger partial charge in [0.05, 0.1) is 12.3 Å². The lowest BCUT2D eigenvalue weighted by molar-refractivity contribution is -0.141. The fourth-order valence-corrected chi connectivity index (χ4v) is 2.20. The summed E-state index contributed by atoms with van der Waals surface area (Å²) in [7, 11) is 0. The molecule has 0 aliphatic carbocycles. The number of carbonyl (C=O) groups is 2. The average Bonchev–Trinajstić information content (AvgIpc) is 2.81. The fourth-order valence-electron chi connectivity index (χ4n) is 2.08. The first-order valence-corrected chi connectivity index (χ1v) is 6.19. The molecule has 1 heterocycles. The zero-order valence-electron chi connectivity index (χ0n) is 9.80. The van der Waals surface area contributed by atoms with Gasteiger partial charge < -0.3 is 10.0 Å². The Morgan fingerprint density at radius 3 is 2.56 bits per heavy atom. The van der Waals surface area contributed by atoms with E-state index in [4.69, 9.17) is 16.7 Å². The van der Waals surface area contributed by atoms with Gasteiger partial charge in [0.15, 0.2) is 0 Å². The van der Waals surface area contributed by atoms with Crippen molar-refractivity contribution < 1.29 is 14.7 Å². The third-order valence-electron chi connectivity index (χ3n) is 3.16. The van der Waals surface area contributed by atoms with Gasteiger partial charge in [0, 0.05) is 18.1 Å². The molecule has 0 spiro atoms. The van der Waals surface area contributed by atoms with Crippen LogP contribution in [-0.2, 0) is 16.0 Å². The Kier molecular flexibility index (Phi) is 3.87. The number of amides is 1. The minimum Gasteiger partial charge on any atom is -0.481 e. The van der Waals surface area contributed by atoms with Gasteiger partial charge in [-0.05, 0) is 24.1 Å². The Balaban J connectivity index is 1.93. The Bertz CT molecular complexity index is 458. The number of hydrogen-bond donors (Lipinski definition) is 1. The SMILES string of the molecule is O=C(O)C1CCN(C(=O)Cc2ccc(Cl)cc2)C1. The van der Waals surface area contributed by atoms with Crippen molar-refractivity contribution in [1.82, 2.24) is 4.90 Å². The second kappa shape index (κ2) is 5.40. The molecule has 5 heteroatoms. The van der Waals surface area contributed by atoms with E-state index in [1.54, 1.807) is 17.0 Å². The summed E-state index contributed by atoms with van der Waals surface area (Å²) in [4.78, 5) is 24.4. The first kappa shape index (κ1) is 12.9. The monoisotopic (exact) mass is 267 g/mol. The molecule has 1 N–H and O–H groups in total. The van der Waals surface area contributed by atoms with Crippen LogP contribution in [0.15, 0.2) is 24.3 Å². The van der Waals surface area contributed by atoms with Crippen LogP contribution < -0.4 is 0 Å². The topological polar surface area (TPSA) is 57.6 Å². The second-order valence-electron chi connectivity index (χ2n) is 4.47. The molecule has 1 aliphatic heterocycles. The molecule has 4 nitrogen and oxygen atoms in total. The quantitative estimate of drug-likeness (QED) is 0.909. The van der Waals surface area contributed by atoms with Crippen LogP contribution in [0.2, 0.25) is 5.02 Å². The van der Waals surface area contributed by atoms with E-state index in [2.05, 4.69) is 0 Å². The summed E-state index contributed by atoms with van der Waals surface area (Å²) < 4.78 is 0. The highest BCUT2D eigenvalue weighted by atomic mass is 35.5. The number of likely N-dealkylation sites (tertiary alicyclic amines) is 1. The van der Waals surface area contributed by atoms with Crippen LogP contribution in [0, 0.1) is 5.92 Å². The van der Waals surface area contributed by atoms with Gasteiger partial charge in [-0.1, -0.05) is 23.7 Å². The first-order valence-electron chi connectivity index (χ1n) is 5.81. The van der Waals surface area contributed by atoms with Gasteiger partial charge in [-0.15, -0.1) is 0 Å². The number of rotatable bonds is 3.